The van der Waals surface area contributed by atoms with E-state index in [0.29, 0.717) is 26.2 Å². The van der Waals surface area contributed by atoms with Crippen LogP contribution in [0.4, 0.5) is 0 Å². The molecule has 2 aliphatic rings. The smallest absolute Gasteiger partial charge is 0.227 e. The number of amides is 1. The Morgan fingerprint density at radius 1 is 1.50 bits per heavy atom. The van der Waals surface area contributed by atoms with Gasteiger partial charge in [0.05, 0.1) is 12.0 Å². The van der Waals surface area contributed by atoms with E-state index in [1.165, 1.54) is 0 Å². The van der Waals surface area contributed by atoms with E-state index in [0.717, 1.165) is 32.4 Å². The summed E-state index contributed by atoms with van der Waals surface area (Å²) in [5, 5.41) is 16.4. The SMILES string of the molecule is CCC1(C(=O)NCC2(O)CCOC2)CCCNC1. The quantitative estimate of drug-likeness (QED) is 0.664. The van der Waals surface area contributed by atoms with Crippen LogP contribution in [-0.4, -0.2) is 49.5 Å². The lowest BCUT2D eigenvalue weighted by Gasteiger charge is -2.36. The fourth-order valence-electron chi connectivity index (χ4n) is 2.79. The lowest BCUT2D eigenvalue weighted by molar-refractivity contribution is -0.133. The van der Waals surface area contributed by atoms with Crippen LogP contribution in [0.3, 0.4) is 0 Å². The third-order valence-corrected chi connectivity index (χ3v) is 4.29. The molecular formula is C13H24N2O3. The molecule has 2 saturated heterocycles. The Morgan fingerprint density at radius 2 is 2.33 bits per heavy atom. The minimum Gasteiger partial charge on any atom is -0.386 e. The van der Waals surface area contributed by atoms with Gasteiger partial charge in [0.15, 0.2) is 0 Å². The molecule has 1 amide bonds. The van der Waals surface area contributed by atoms with Gasteiger partial charge >= 0.3 is 0 Å². The van der Waals surface area contributed by atoms with Crippen molar-refractivity contribution in [1.82, 2.24) is 10.6 Å². The molecule has 2 rings (SSSR count). The summed E-state index contributed by atoms with van der Waals surface area (Å²) in [5.41, 5.74) is -1.17. The largest absolute Gasteiger partial charge is 0.386 e. The fraction of sp³-hybridized carbons (Fsp3) is 0.923. The Hall–Kier alpha value is -0.650. The number of carbonyl (C=O) groups is 1. The van der Waals surface area contributed by atoms with Gasteiger partial charge in [-0.25, -0.2) is 0 Å². The van der Waals surface area contributed by atoms with Crippen molar-refractivity contribution in [1.29, 1.82) is 0 Å². The molecule has 2 aliphatic heterocycles. The normalized spacial score (nSPS) is 36.6. The lowest BCUT2D eigenvalue weighted by atomic mass is 9.77. The predicted octanol–water partition coefficient (Wildman–Crippen LogP) is 0.0338. The molecule has 0 aliphatic carbocycles. The maximum atomic E-state index is 12.3. The zero-order chi connectivity index (χ0) is 13.1. The van der Waals surface area contributed by atoms with Crippen molar-refractivity contribution in [3.63, 3.8) is 0 Å². The van der Waals surface area contributed by atoms with Crippen LogP contribution in [0.5, 0.6) is 0 Å². The first-order valence-electron chi connectivity index (χ1n) is 6.89. The van der Waals surface area contributed by atoms with E-state index in [4.69, 9.17) is 4.74 Å². The van der Waals surface area contributed by atoms with Crippen LogP contribution in [0.2, 0.25) is 0 Å². The van der Waals surface area contributed by atoms with Crippen molar-refractivity contribution in [3.8, 4) is 0 Å². The number of rotatable bonds is 4. The minimum atomic E-state index is -0.868. The van der Waals surface area contributed by atoms with Crippen LogP contribution >= 0.6 is 0 Å². The molecule has 2 atom stereocenters. The van der Waals surface area contributed by atoms with E-state index < -0.39 is 5.60 Å². The zero-order valence-corrected chi connectivity index (χ0v) is 11.1. The Morgan fingerprint density at radius 3 is 2.89 bits per heavy atom. The maximum Gasteiger partial charge on any atom is 0.227 e. The number of ether oxygens (including phenoxy) is 1. The molecule has 3 N–H and O–H groups in total. The van der Waals surface area contributed by atoms with E-state index in [-0.39, 0.29) is 11.3 Å². The van der Waals surface area contributed by atoms with Crippen LogP contribution in [0.25, 0.3) is 0 Å². The molecular weight excluding hydrogens is 232 g/mol. The molecule has 0 spiro atoms. The molecule has 0 aromatic rings. The van der Waals surface area contributed by atoms with Crippen molar-refractivity contribution in [2.75, 3.05) is 32.8 Å². The van der Waals surface area contributed by atoms with E-state index >= 15 is 0 Å². The molecule has 0 aromatic heterocycles. The van der Waals surface area contributed by atoms with Gasteiger partial charge in [0.2, 0.25) is 5.91 Å². The monoisotopic (exact) mass is 256 g/mol. The van der Waals surface area contributed by atoms with Crippen LogP contribution < -0.4 is 10.6 Å². The number of hydrogen-bond donors (Lipinski definition) is 3. The Balaban J connectivity index is 1.89. The first-order valence-corrected chi connectivity index (χ1v) is 6.89. The Labute approximate surface area is 108 Å². The summed E-state index contributed by atoms with van der Waals surface area (Å²) >= 11 is 0. The average molecular weight is 256 g/mol. The molecule has 104 valence electrons. The number of piperidine rings is 1. The van der Waals surface area contributed by atoms with Crippen LogP contribution in [-0.2, 0) is 9.53 Å². The van der Waals surface area contributed by atoms with Crippen molar-refractivity contribution in [2.24, 2.45) is 5.41 Å². The van der Waals surface area contributed by atoms with Crippen molar-refractivity contribution in [2.45, 2.75) is 38.2 Å². The molecule has 5 nitrogen and oxygen atoms in total. The van der Waals surface area contributed by atoms with Gasteiger partial charge in [-0.05, 0) is 25.8 Å². The molecule has 18 heavy (non-hydrogen) atoms. The highest BCUT2D eigenvalue weighted by molar-refractivity contribution is 5.83. The van der Waals surface area contributed by atoms with Gasteiger partial charge in [0.25, 0.3) is 0 Å². The second-order valence-electron chi connectivity index (χ2n) is 5.62. The molecule has 5 heteroatoms. The molecule has 2 unspecified atom stereocenters. The Bertz CT molecular complexity index is 295. The topological polar surface area (TPSA) is 70.6 Å². The number of nitrogens with one attached hydrogen (secondary N) is 2. The van der Waals surface area contributed by atoms with Crippen LogP contribution in [0.1, 0.15) is 32.6 Å². The number of aliphatic hydroxyl groups is 1. The van der Waals surface area contributed by atoms with Crippen molar-refractivity contribution in [3.05, 3.63) is 0 Å². The summed E-state index contributed by atoms with van der Waals surface area (Å²) in [6.07, 6.45) is 3.40. The standard InChI is InChI=1S/C13H24N2O3/c1-2-12(4-3-6-14-8-12)11(16)15-9-13(17)5-7-18-10-13/h14,17H,2-10H2,1H3,(H,15,16). The lowest BCUT2D eigenvalue weighted by Crippen LogP contribution is -2.53. The third-order valence-electron chi connectivity index (χ3n) is 4.29. The molecule has 0 bridgehead atoms. The molecule has 0 aromatic carbocycles. The van der Waals surface area contributed by atoms with E-state index in [1.54, 1.807) is 0 Å². The van der Waals surface area contributed by atoms with Gasteiger partial charge in [0.1, 0.15) is 5.60 Å². The highest BCUT2D eigenvalue weighted by atomic mass is 16.5. The maximum absolute atomic E-state index is 12.3. The number of carbonyl (C=O) groups excluding carboxylic acids is 1. The second-order valence-corrected chi connectivity index (χ2v) is 5.62. The molecule has 2 fully saturated rings. The highest BCUT2D eigenvalue weighted by Gasteiger charge is 2.39. The first-order chi connectivity index (χ1) is 8.60. The van der Waals surface area contributed by atoms with Gasteiger partial charge in [-0.3, -0.25) is 4.79 Å². The minimum absolute atomic E-state index is 0.0672. The van der Waals surface area contributed by atoms with Gasteiger partial charge in [-0.2, -0.15) is 0 Å². The van der Waals surface area contributed by atoms with E-state index in [1.807, 2.05) is 0 Å². The van der Waals surface area contributed by atoms with Crippen molar-refractivity contribution < 1.29 is 14.6 Å². The van der Waals surface area contributed by atoms with E-state index in [9.17, 15) is 9.90 Å². The summed E-state index contributed by atoms with van der Waals surface area (Å²) in [6.45, 7) is 4.99. The number of hydrogen-bond acceptors (Lipinski definition) is 4. The van der Waals surface area contributed by atoms with Gasteiger partial charge in [0, 0.05) is 26.1 Å². The Kier molecular flexibility index (Phi) is 4.25. The summed E-state index contributed by atoms with van der Waals surface area (Å²) in [7, 11) is 0. The van der Waals surface area contributed by atoms with Crippen LogP contribution in [0.15, 0.2) is 0 Å². The first kappa shape index (κ1) is 13.8. The molecule has 0 radical (unpaired) electrons. The van der Waals surface area contributed by atoms with Gasteiger partial charge in [-0.15, -0.1) is 0 Å². The van der Waals surface area contributed by atoms with Gasteiger partial charge in [-0.1, -0.05) is 6.92 Å². The molecule has 2 heterocycles. The zero-order valence-electron chi connectivity index (χ0n) is 11.1. The van der Waals surface area contributed by atoms with E-state index in [2.05, 4.69) is 17.6 Å². The van der Waals surface area contributed by atoms with Crippen molar-refractivity contribution >= 4 is 5.91 Å². The summed E-state index contributed by atoms with van der Waals surface area (Å²) in [5.74, 6) is 0.0672. The van der Waals surface area contributed by atoms with Gasteiger partial charge < -0.3 is 20.5 Å². The molecule has 0 saturated carbocycles. The third kappa shape index (κ3) is 2.84. The predicted molar refractivity (Wildman–Crippen MR) is 68.2 cm³/mol. The summed E-state index contributed by atoms with van der Waals surface area (Å²) < 4.78 is 5.18. The summed E-state index contributed by atoms with van der Waals surface area (Å²) in [6, 6.07) is 0. The second kappa shape index (κ2) is 5.55. The van der Waals surface area contributed by atoms with Crippen LogP contribution in [0, 0.1) is 5.41 Å². The average Bonchev–Trinajstić information content (AvgIpc) is 2.84. The summed E-state index contributed by atoms with van der Waals surface area (Å²) in [4.78, 5) is 12.3. The highest BCUT2D eigenvalue weighted by Crippen LogP contribution is 2.30. The fourth-order valence-corrected chi connectivity index (χ4v) is 2.79.